The lowest BCUT2D eigenvalue weighted by molar-refractivity contribution is -0.138. The molecule has 0 saturated carbocycles. The van der Waals surface area contributed by atoms with E-state index in [-0.39, 0.29) is 9.09 Å². The van der Waals surface area contributed by atoms with E-state index in [1.54, 1.807) is 0 Å². The summed E-state index contributed by atoms with van der Waals surface area (Å²) in [5.41, 5.74) is 5.27. The van der Waals surface area contributed by atoms with E-state index in [9.17, 15) is 13.2 Å². The van der Waals surface area contributed by atoms with E-state index in [2.05, 4.69) is 0 Å². The van der Waals surface area contributed by atoms with Crippen molar-refractivity contribution in [2.75, 3.05) is 0 Å². The van der Waals surface area contributed by atoms with Gasteiger partial charge in [0.1, 0.15) is 10.3 Å². The van der Waals surface area contributed by atoms with E-state index in [0.29, 0.717) is 0 Å². The molecule has 5 N–H and O–H groups in total. The van der Waals surface area contributed by atoms with Gasteiger partial charge in [0.25, 0.3) is 0 Å². The second-order valence-electron chi connectivity index (χ2n) is 2.52. The molecular formula is C6H8N2O4S2. The first-order chi connectivity index (χ1) is 6.32. The van der Waals surface area contributed by atoms with Crippen LogP contribution in [0, 0.1) is 0 Å². The van der Waals surface area contributed by atoms with Gasteiger partial charge in [0.15, 0.2) is 0 Å². The van der Waals surface area contributed by atoms with Crippen LogP contribution in [-0.2, 0) is 14.8 Å². The average Bonchev–Trinajstić information content (AvgIpc) is 2.49. The number of nitrogens with two attached hydrogens (primary N) is 2. The van der Waals surface area contributed by atoms with Crippen LogP contribution in [0.1, 0.15) is 10.9 Å². The van der Waals surface area contributed by atoms with Gasteiger partial charge < -0.3 is 10.8 Å². The van der Waals surface area contributed by atoms with Crippen LogP contribution < -0.4 is 10.9 Å². The van der Waals surface area contributed by atoms with Gasteiger partial charge >= 0.3 is 5.97 Å². The fourth-order valence-electron chi connectivity index (χ4n) is 0.776. The van der Waals surface area contributed by atoms with Crippen LogP contribution in [0.25, 0.3) is 0 Å². The Hall–Kier alpha value is -0.960. The number of rotatable bonds is 3. The fourth-order valence-corrected chi connectivity index (χ4v) is 2.52. The molecule has 6 nitrogen and oxygen atoms in total. The van der Waals surface area contributed by atoms with Gasteiger partial charge in [-0.1, -0.05) is 0 Å². The number of carboxylic acids is 1. The molecule has 8 heteroatoms. The monoisotopic (exact) mass is 236 g/mol. The third-order valence-electron chi connectivity index (χ3n) is 1.46. The minimum Gasteiger partial charge on any atom is -0.480 e. The van der Waals surface area contributed by atoms with E-state index < -0.39 is 22.0 Å². The van der Waals surface area contributed by atoms with Gasteiger partial charge in [-0.3, -0.25) is 4.79 Å². The average molecular weight is 236 g/mol. The Kier molecular flexibility index (Phi) is 2.90. The highest BCUT2D eigenvalue weighted by Gasteiger charge is 2.19. The molecule has 0 aromatic carbocycles. The van der Waals surface area contributed by atoms with Crippen LogP contribution in [0.3, 0.4) is 0 Å². The van der Waals surface area contributed by atoms with Crippen molar-refractivity contribution in [1.29, 1.82) is 0 Å². The van der Waals surface area contributed by atoms with Crippen molar-refractivity contribution in [3.63, 3.8) is 0 Å². The predicted molar refractivity (Wildman–Crippen MR) is 50.3 cm³/mol. The largest absolute Gasteiger partial charge is 0.480 e. The topological polar surface area (TPSA) is 123 Å². The van der Waals surface area contributed by atoms with Crippen molar-refractivity contribution >= 4 is 27.3 Å². The molecule has 1 aromatic rings. The van der Waals surface area contributed by atoms with Crippen molar-refractivity contribution in [3.8, 4) is 0 Å². The van der Waals surface area contributed by atoms with Crippen LogP contribution in [0.4, 0.5) is 0 Å². The van der Waals surface area contributed by atoms with Crippen LogP contribution in [0.15, 0.2) is 16.3 Å². The van der Waals surface area contributed by atoms with Gasteiger partial charge in [-0.25, -0.2) is 13.6 Å². The molecule has 1 heterocycles. The normalized spacial score (nSPS) is 13.9. The smallest absolute Gasteiger partial charge is 0.325 e. The summed E-state index contributed by atoms with van der Waals surface area (Å²) in [6.45, 7) is 0. The maximum absolute atomic E-state index is 10.8. The zero-order valence-corrected chi connectivity index (χ0v) is 8.51. The summed E-state index contributed by atoms with van der Waals surface area (Å²) in [6.07, 6.45) is 0. The number of sulfonamides is 1. The van der Waals surface area contributed by atoms with Gasteiger partial charge in [0, 0.05) is 4.88 Å². The van der Waals surface area contributed by atoms with E-state index in [1.165, 1.54) is 12.1 Å². The Bertz CT molecular complexity index is 450. The molecule has 0 aliphatic carbocycles. The Morgan fingerprint density at radius 3 is 2.43 bits per heavy atom. The van der Waals surface area contributed by atoms with E-state index >= 15 is 0 Å². The first-order valence-corrected chi connectivity index (χ1v) is 5.79. The number of thiophene rings is 1. The summed E-state index contributed by atoms with van der Waals surface area (Å²) in [5, 5.41) is 13.4. The summed E-state index contributed by atoms with van der Waals surface area (Å²) in [4.78, 5) is 10.7. The summed E-state index contributed by atoms with van der Waals surface area (Å²) < 4.78 is 21.6. The van der Waals surface area contributed by atoms with Crippen LogP contribution in [-0.4, -0.2) is 19.5 Å². The fraction of sp³-hybridized carbons (Fsp3) is 0.167. The van der Waals surface area contributed by atoms with Crippen molar-refractivity contribution in [1.82, 2.24) is 0 Å². The minimum atomic E-state index is -3.77. The van der Waals surface area contributed by atoms with E-state index in [0.717, 1.165) is 11.3 Å². The number of hydrogen-bond donors (Lipinski definition) is 3. The van der Waals surface area contributed by atoms with Crippen LogP contribution in [0.5, 0.6) is 0 Å². The van der Waals surface area contributed by atoms with Gasteiger partial charge in [0.2, 0.25) is 10.0 Å². The number of aliphatic carboxylic acids is 1. The lowest BCUT2D eigenvalue weighted by Crippen LogP contribution is -2.19. The molecule has 78 valence electrons. The highest BCUT2D eigenvalue weighted by Crippen LogP contribution is 2.24. The molecule has 0 fully saturated rings. The zero-order chi connectivity index (χ0) is 10.9. The Morgan fingerprint density at radius 2 is 2.07 bits per heavy atom. The molecule has 0 aliphatic heterocycles. The Balaban J connectivity index is 3.06. The van der Waals surface area contributed by atoms with Crippen LogP contribution >= 0.6 is 11.3 Å². The molecule has 1 aromatic heterocycles. The molecule has 14 heavy (non-hydrogen) atoms. The first-order valence-electron chi connectivity index (χ1n) is 3.43. The van der Waals surface area contributed by atoms with Gasteiger partial charge in [-0.05, 0) is 12.1 Å². The van der Waals surface area contributed by atoms with Crippen molar-refractivity contribution < 1.29 is 18.3 Å². The molecule has 0 amide bonds. The second-order valence-corrected chi connectivity index (χ2v) is 5.42. The standard InChI is InChI=1S/C6H8N2O4S2/c7-5(6(9)10)3-1-2-4(13-3)14(8,11)12/h1-2,5H,7H2,(H,9,10)(H2,8,11,12)/t5-/m1/s1. The maximum atomic E-state index is 10.8. The highest BCUT2D eigenvalue weighted by atomic mass is 32.2. The van der Waals surface area contributed by atoms with Gasteiger partial charge in [-0.15, -0.1) is 11.3 Å². The third kappa shape index (κ3) is 2.29. The third-order valence-corrected chi connectivity index (χ3v) is 4.06. The molecule has 1 atom stereocenters. The Morgan fingerprint density at radius 1 is 1.50 bits per heavy atom. The lowest BCUT2D eigenvalue weighted by atomic mass is 10.3. The lowest BCUT2D eigenvalue weighted by Gasteiger charge is -2.00. The van der Waals surface area contributed by atoms with E-state index in [4.69, 9.17) is 16.0 Å². The summed E-state index contributed by atoms with van der Waals surface area (Å²) in [5.74, 6) is -1.21. The van der Waals surface area contributed by atoms with Gasteiger partial charge in [-0.2, -0.15) is 0 Å². The molecule has 0 aliphatic rings. The van der Waals surface area contributed by atoms with E-state index in [1.807, 2.05) is 0 Å². The number of primary sulfonamides is 1. The summed E-state index contributed by atoms with van der Waals surface area (Å²) >= 11 is 0.757. The predicted octanol–water partition coefficient (Wildman–Crippen LogP) is -0.520. The number of hydrogen-bond acceptors (Lipinski definition) is 5. The maximum Gasteiger partial charge on any atom is 0.325 e. The molecular weight excluding hydrogens is 228 g/mol. The molecule has 1 rings (SSSR count). The first kappa shape index (κ1) is 11.1. The summed E-state index contributed by atoms with van der Waals surface area (Å²) in [7, 11) is -3.77. The van der Waals surface area contributed by atoms with Crippen molar-refractivity contribution in [2.24, 2.45) is 10.9 Å². The Labute approximate surface area is 84.2 Å². The van der Waals surface area contributed by atoms with Crippen LogP contribution in [0.2, 0.25) is 0 Å². The molecule has 0 saturated heterocycles. The molecule has 0 unspecified atom stereocenters. The molecule has 0 radical (unpaired) electrons. The quantitative estimate of drug-likeness (QED) is 0.651. The number of carbonyl (C=O) groups is 1. The van der Waals surface area contributed by atoms with Crippen molar-refractivity contribution in [3.05, 3.63) is 17.0 Å². The second kappa shape index (κ2) is 3.65. The minimum absolute atomic E-state index is 0.0933. The summed E-state index contributed by atoms with van der Waals surface area (Å²) in [6, 6.07) is 1.36. The molecule has 0 bridgehead atoms. The number of carboxylic acid groups (broad SMARTS) is 1. The SMILES string of the molecule is N[C@@H](C(=O)O)c1ccc(S(N)(=O)=O)s1. The van der Waals surface area contributed by atoms with Crippen molar-refractivity contribution in [2.45, 2.75) is 10.3 Å². The highest BCUT2D eigenvalue weighted by molar-refractivity contribution is 7.91. The zero-order valence-electron chi connectivity index (χ0n) is 6.88. The molecule has 0 spiro atoms. The van der Waals surface area contributed by atoms with Gasteiger partial charge in [0.05, 0.1) is 0 Å².